The molecule has 0 amide bonds. The topological polar surface area (TPSA) is 76.0 Å². The average molecular weight is 287 g/mol. The number of benzene rings is 1. The van der Waals surface area contributed by atoms with Crippen LogP contribution in [0.1, 0.15) is 5.56 Å². The zero-order chi connectivity index (χ0) is 12.3. The Labute approximate surface area is 102 Å². The summed E-state index contributed by atoms with van der Waals surface area (Å²) in [4.78, 5) is 9.10. The number of aliphatic hydroxyl groups is 1. The number of halogens is 2. The smallest absolute Gasteiger partial charge is 0.401 e. The highest BCUT2D eigenvalue weighted by Gasteiger charge is 2.24. The second-order valence-corrected chi connectivity index (χ2v) is 5.09. The van der Waals surface area contributed by atoms with Gasteiger partial charge in [0.05, 0.1) is 16.7 Å². The fourth-order valence-corrected chi connectivity index (χ4v) is 2.16. The molecule has 0 radical (unpaired) electrons. The minimum Gasteiger partial charge on any atom is -0.401 e. The Morgan fingerprint density at radius 1 is 1.38 bits per heavy atom. The standard InChI is InChI=1S/C8H9Cl2O5P/c1-14-16(12,13)15-8-6(9)2-5(4-11)3-7(8)10/h2-3,11H,4H2,1H3,(H,12,13). The van der Waals surface area contributed by atoms with Gasteiger partial charge in [-0.3, -0.25) is 9.42 Å². The lowest BCUT2D eigenvalue weighted by molar-refractivity contribution is 0.242. The zero-order valence-electron chi connectivity index (χ0n) is 8.18. The normalized spacial score (nSPS) is 14.6. The van der Waals surface area contributed by atoms with Gasteiger partial charge < -0.3 is 9.63 Å². The minimum absolute atomic E-state index is 0.0166. The molecule has 1 atom stereocenters. The van der Waals surface area contributed by atoms with E-state index in [1.54, 1.807) is 0 Å². The van der Waals surface area contributed by atoms with Crippen LogP contribution in [-0.4, -0.2) is 17.1 Å². The zero-order valence-corrected chi connectivity index (χ0v) is 10.6. The maximum absolute atomic E-state index is 11.2. The van der Waals surface area contributed by atoms with Gasteiger partial charge >= 0.3 is 7.82 Å². The first-order valence-electron chi connectivity index (χ1n) is 4.06. The summed E-state index contributed by atoms with van der Waals surface area (Å²) in [5.74, 6) is -0.159. The quantitative estimate of drug-likeness (QED) is 0.832. The molecule has 8 heteroatoms. The van der Waals surface area contributed by atoms with Gasteiger partial charge in [0.25, 0.3) is 0 Å². The minimum atomic E-state index is -4.20. The predicted molar refractivity (Wildman–Crippen MR) is 59.8 cm³/mol. The molecule has 0 saturated heterocycles. The van der Waals surface area contributed by atoms with Crippen LogP contribution >= 0.6 is 31.0 Å². The molecule has 0 heterocycles. The fourth-order valence-electron chi connectivity index (χ4n) is 0.944. The monoisotopic (exact) mass is 286 g/mol. The van der Waals surface area contributed by atoms with E-state index < -0.39 is 7.82 Å². The van der Waals surface area contributed by atoms with Crippen molar-refractivity contribution in [2.24, 2.45) is 0 Å². The average Bonchev–Trinajstić information content (AvgIpc) is 2.23. The molecule has 0 fully saturated rings. The number of aliphatic hydroxyl groups excluding tert-OH is 1. The highest BCUT2D eigenvalue weighted by Crippen LogP contribution is 2.47. The molecule has 0 bridgehead atoms. The summed E-state index contributed by atoms with van der Waals surface area (Å²) in [5, 5.41) is 8.90. The van der Waals surface area contributed by atoms with Gasteiger partial charge in [-0.2, -0.15) is 0 Å². The van der Waals surface area contributed by atoms with Crippen LogP contribution in [0, 0.1) is 0 Å². The molecule has 1 rings (SSSR count). The fraction of sp³-hybridized carbons (Fsp3) is 0.250. The molecule has 0 aliphatic rings. The third-order valence-electron chi connectivity index (χ3n) is 1.68. The molecule has 0 spiro atoms. The Bertz CT molecular complexity index is 413. The lowest BCUT2D eigenvalue weighted by Crippen LogP contribution is -1.96. The second kappa shape index (κ2) is 5.36. The number of phosphoric acid groups is 1. The van der Waals surface area contributed by atoms with E-state index >= 15 is 0 Å². The lowest BCUT2D eigenvalue weighted by Gasteiger charge is -2.13. The number of rotatable bonds is 4. The first kappa shape index (κ1) is 13.8. The van der Waals surface area contributed by atoms with Crippen LogP contribution in [0.2, 0.25) is 10.0 Å². The van der Waals surface area contributed by atoms with Crippen LogP contribution in [0.5, 0.6) is 5.75 Å². The van der Waals surface area contributed by atoms with Crippen molar-refractivity contribution in [3.8, 4) is 5.75 Å². The SMILES string of the molecule is COP(=O)(O)Oc1c(Cl)cc(CO)cc1Cl. The van der Waals surface area contributed by atoms with Crippen LogP contribution in [0.3, 0.4) is 0 Å². The maximum Gasteiger partial charge on any atom is 0.527 e. The molecular weight excluding hydrogens is 278 g/mol. The van der Waals surface area contributed by atoms with Gasteiger partial charge in [-0.25, -0.2) is 4.57 Å². The van der Waals surface area contributed by atoms with Crippen molar-refractivity contribution in [2.75, 3.05) is 7.11 Å². The van der Waals surface area contributed by atoms with Crippen molar-refractivity contribution in [3.05, 3.63) is 27.7 Å². The first-order valence-corrected chi connectivity index (χ1v) is 6.31. The second-order valence-electron chi connectivity index (χ2n) is 2.79. The van der Waals surface area contributed by atoms with E-state index in [9.17, 15) is 4.57 Å². The summed E-state index contributed by atoms with van der Waals surface area (Å²) in [6.07, 6.45) is 0. The number of hydrogen-bond acceptors (Lipinski definition) is 4. The van der Waals surface area contributed by atoms with Crippen molar-refractivity contribution in [1.82, 2.24) is 0 Å². The van der Waals surface area contributed by atoms with Crippen LogP contribution in [0.4, 0.5) is 0 Å². The largest absolute Gasteiger partial charge is 0.527 e. The third-order valence-corrected chi connectivity index (χ3v) is 3.11. The Balaban J connectivity index is 3.11. The molecule has 0 aliphatic carbocycles. The molecule has 0 aromatic heterocycles. The molecule has 5 nitrogen and oxygen atoms in total. The Kier molecular flexibility index (Phi) is 4.62. The molecule has 16 heavy (non-hydrogen) atoms. The first-order chi connectivity index (χ1) is 7.39. The summed E-state index contributed by atoms with van der Waals surface area (Å²) in [6, 6.07) is 2.75. The van der Waals surface area contributed by atoms with Crippen molar-refractivity contribution in [3.63, 3.8) is 0 Å². The highest BCUT2D eigenvalue weighted by atomic mass is 35.5. The van der Waals surface area contributed by atoms with Crippen molar-refractivity contribution < 1.29 is 23.6 Å². The molecule has 0 aliphatic heterocycles. The highest BCUT2D eigenvalue weighted by molar-refractivity contribution is 7.47. The summed E-state index contributed by atoms with van der Waals surface area (Å²) in [6.45, 7) is -0.249. The van der Waals surface area contributed by atoms with E-state index in [1.807, 2.05) is 0 Å². The Hall–Kier alpha value is -0.290. The summed E-state index contributed by atoms with van der Waals surface area (Å²) >= 11 is 11.5. The Morgan fingerprint density at radius 3 is 2.25 bits per heavy atom. The van der Waals surface area contributed by atoms with Gasteiger partial charge in [0.15, 0.2) is 5.75 Å². The third kappa shape index (κ3) is 3.35. The van der Waals surface area contributed by atoms with Gasteiger partial charge in [0.1, 0.15) is 0 Å². The van der Waals surface area contributed by atoms with Gasteiger partial charge in [0, 0.05) is 7.11 Å². The summed E-state index contributed by atoms with van der Waals surface area (Å²) < 4.78 is 20.0. The van der Waals surface area contributed by atoms with Crippen LogP contribution in [0.15, 0.2) is 12.1 Å². The van der Waals surface area contributed by atoms with Gasteiger partial charge in [0.2, 0.25) is 0 Å². The van der Waals surface area contributed by atoms with E-state index in [0.29, 0.717) is 5.56 Å². The van der Waals surface area contributed by atoms with Crippen molar-refractivity contribution in [1.29, 1.82) is 0 Å². The molecule has 90 valence electrons. The molecule has 0 saturated carbocycles. The number of hydrogen-bond donors (Lipinski definition) is 2. The van der Waals surface area contributed by atoms with Gasteiger partial charge in [-0.15, -0.1) is 0 Å². The van der Waals surface area contributed by atoms with Gasteiger partial charge in [-0.1, -0.05) is 23.2 Å². The molecule has 1 unspecified atom stereocenters. The van der Waals surface area contributed by atoms with E-state index in [1.165, 1.54) is 12.1 Å². The number of phosphoric ester groups is 1. The van der Waals surface area contributed by atoms with Crippen LogP contribution in [-0.2, 0) is 15.7 Å². The summed E-state index contributed by atoms with van der Waals surface area (Å²) in [7, 11) is -3.19. The van der Waals surface area contributed by atoms with Crippen LogP contribution in [0.25, 0.3) is 0 Å². The summed E-state index contributed by atoms with van der Waals surface area (Å²) in [5.41, 5.74) is 0.465. The molecule has 2 N–H and O–H groups in total. The predicted octanol–water partition coefficient (Wildman–Crippen LogP) is 2.61. The van der Waals surface area contributed by atoms with E-state index in [-0.39, 0.29) is 22.4 Å². The van der Waals surface area contributed by atoms with Crippen LogP contribution < -0.4 is 4.52 Å². The molecule has 1 aromatic rings. The maximum atomic E-state index is 11.2. The Morgan fingerprint density at radius 2 is 1.88 bits per heavy atom. The van der Waals surface area contributed by atoms with Gasteiger partial charge in [-0.05, 0) is 17.7 Å². The van der Waals surface area contributed by atoms with Crippen molar-refractivity contribution in [2.45, 2.75) is 6.61 Å². The van der Waals surface area contributed by atoms with Crippen molar-refractivity contribution >= 4 is 31.0 Å². The molecular formula is C8H9Cl2O5P. The molecule has 1 aromatic carbocycles. The van der Waals surface area contributed by atoms with E-state index in [4.69, 9.17) is 33.2 Å². The van der Waals surface area contributed by atoms with E-state index in [2.05, 4.69) is 9.05 Å². The van der Waals surface area contributed by atoms with E-state index in [0.717, 1.165) is 7.11 Å². The lowest BCUT2D eigenvalue weighted by atomic mass is 10.2.